The molecule has 0 bridgehead atoms. The van der Waals surface area contributed by atoms with E-state index < -0.39 is 24.6 Å². The van der Waals surface area contributed by atoms with Crippen LogP contribution in [0.25, 0.3) is 0 Å². The van der Waals surface area contributed by atoms with E-state index in [9.17, 15) is 4.79 Å². The van der Waals surface area contributed by atoms with Crippen molar-refractivity contribution >= 4 is 33.3 Å². The molecule has 5 heteroatoms. The molecule has 0 amide bonds. The van der Waals surface area contributed by atoms with Crippen molar-refractivity contribution in [3.8, 4) is 0 Å². The third-order valence-electron chi connectivity index (χ3n) is 1.21. The van der Waals surface area contributed by atoms with E-state index in [4.69, 9.17) is 15.3 Å². The molecule has 0 aliphatic carbocycles. The Labute approximate surface area is 79.0 Å². The Bertz CT molecular complexity index is 110. The molecule has 0 aromatic heterocycles. The fraction of sp³-hybridized carbons (Fsp3) is 0.800. The van der Waals surface area contributed by atoms with Gasteiger partial charge < -0.3 is 15.3 Å². The molecule has 0 rings (SSSR count). The van der Waals surface area contributed by atoms with E-state index in [1.165, 1.54) is 6.92 Å². The molecule has 0 aliphatic rings. The summed E-state index contributed by atoms with van der Waals surface area (Å²) in [6.07, 6.45) is 0. The van der Waals surface area contributed by atoms with E-state index in [1.807, 2.05) is 0 Å². The van der Waals surface area contributed by atoms with E-state index >= 15 is 0 Å². The van der Waals surface area contributed by atoms with Crippen LogP contribution in [0.3, 0.4) is 0 Å². The molecule has 0 aromatic rings. The van der Waals surface area contributed by atoms with Crippen molar-refractivity contribution in [1.82, 2.24) is 0 Å². The zero-order valence-electron chi connectivity index (χ0n) is 5.87. The maximum atomic E-state index is 10.2. The van der Waals surface area contributed by atoms with Crippen molar-refractivity contribution in [2.24, 2.45) is 5.41 Å². The second kappa shape index (κ2) is 5.03. The van der Waals surface area contributed by atoms with Gasteiger partial charge in [0.25, 0.3) is 0 Å². The zero-order chi connectivity index (χ0) is 7.49. The van der Waals surface area contributed by atoms with Gasteiger partial charge >= 0.3 is 33.3 Å². The van der Waals surface area contributed by atoms with E-state index in [2.05, 4.69) is 0 Å². The van der Waals surface area contributed by atoms with Crippen molar-refractivity contribution in [3.05, 3.63) is 0 Å². The number of aliphatic hydroxyl groups is 2. The molecular formula is C5H12O4Pb. The first kappa shape index (κ1) is 12.9. The first-order chi connectivity index (χ1) is 4.06. The van der Waals surface area contributed by atoms with Gasteiger partial charge in [0.1, 0.15) is 5.41 Å². The first-order valence-corrected chi connectivity index (χ1v) is 2.52. The number of aliphatic hydroxyl groups excluding tert-OH is 2. The van der Waals surface area contributed by atoms with Crippen LogP contribution in [0.4, 0.5) is 0 Å². The van der Waals surface area contributed by atoms with Crippen molar-refractivity contribution in [3.63, 3.8) is 0 Å². The van der Waals surface area contributed by atoms with Gasteiger partial charge in [-0.25, -0.2) is 0 Å². The molecule has 0 unspecified atom stereocenters. The average Bonchev–Trinajstić information content (AvgIpc) is 1.86. The van der Waals surface area contributed by atoms with E-state index in [0.717, 1.165) is 0 Å². The monoisotopic (exact) mass is 344 g/mol. The van der Waals surface area contributed by atoms with Gasteiger partial charge in [0.15, 0.2) is 0 Å². The van der Waals surface area contributed by atoms with Crippen molar-refractivity contribution in [2.75, 3.05) is 13.2 Å². The predicted octanol–water partition coefficient (Wildman–Crippen LogP) is -1.85. The summed E-state index contributed by atoms with van der Waals surface area (Å²) in [5, 5.41) is 25.1. The molecule has 60 valence electrons. The Kier molecular flexibility index (Phi) is 6.51. The standard InChI is InChI=1S/C5H10O4.Pb.2H/c1-5(2-6,3-7)4(8)9;;;/h6-7H,2-3H2,1H3,(H,8,9);;;. The van der Waals surface area contributed by atoms with E-state index in [-0.39, 0.29) is 27.3 Å². The normalized spacial score (nSPS) is 10.3. The number of aliphatic carboxylic acids is 1. The molecule has 0 aliphatic heterocycles. The third kappa shape index (κ3) is 2.93. The van der Waals surface area contributed by atoms with Crippen LogP contribution < -0.4 is 0 Å². The Morgan fingerprint density at radius 1 is 1.40 bits per heavy atom. The summed E-state index contributed by atoms with van der Waals surface area (Å²) in [6.45, 7) is 0.187. The van der Waals surface area contributed by atoms with Gasteiger partial charge in [-0.3, -0.25) is 4.79 Å². The summed E-state index contributed by atoms with van der Waals surface area (Å²) in [6, 6.07) is 0. The minimum absolute atomic E-state index is 0. The van der Waals surface area contributed by atoms with Crippen LogP contribution in [0, 0.1) is 5.41 Å². The minimum atomic E-state index is -1.39. The van der Waals surface area contributed by atoms with E-state index in [0.29, 0.717) is 0 Å². The molecule has 0 atom stereocenters. The van der Waals surface area contributed by atoms with Gasteiger partial charge in [0, 0.05) is 0 Å². The first-order valence-electron chi connectivity index (χ1n) is 2.52. The van der Waals surface area contributed by atoms with E-state index in [1.54, 1.807) is 0 Å². The van der Waals surface area contributed by atoms with Gasteiger partial charge in [-0.15, -0.1) is 0 Å². The molecule has 10 heavy (non-hydrogen) atoms. The number of carboxylic acids is 1. The topological polar surface area (TPSA) is 77.8 Å². The number of hydrogen-bond donors (Lipinski definition) is 3. The van der Waals surface area contributed by atoms with Crippen molar-refractivity contribution in [2.45, 2.75) is 6.92 Å². The summed E-state index contributed by atoms with van der Waals surface area (Å²) in [7, 11) is 0. The molecule has 0 saturated carbocycles. The fourth-order valence-corrected chi connectivity index (χ4v) is 0.185. The zero-order valence-corrected chi connectivity index (χ0v) is 11.4. The van der Waals surface area contributed by atoms with Crippen LogP contribution in [-0.2, 0) is 4.79 Å². The maximum absolute atomic E-state index is 10.2. The Balaban J connectivity index is 0. The summed E-state index contributed by atoms with van der Waals surface area (Å²) >= 11 is 0. The molecule has 4 nitrogen and oxygen atoms in total. The number of hydrogen-bond acceptors (Lipinski definition) is 3. The summed E-state index contributed by atoms with van der Waals surface area (Å²) in [5.41, 5.74) is -1.39. The Hall–Kier alpha value is 0.312. The van der Waals surface area contributed by atoms with Gasteiger partial charge in [0.2, 0.25) is 0 Å². The summed E-state index contributed by atoms with van der Waals surface area (Å²) in [4.78, 5) is 10.2. The molecule has 2 radical (unpaired) electrons. The molecule has 0 aromatic carbocycles. The average molecular weight is 343 g/mol. The van der Waals surface area contributed by atoms with Crippen molar-refractivity contribution in [1.29, 1.82) is 0 Å². The van der Waals surface area contributed by atoms with Gasteiger partial charge in [-0.1, -0.05) is 0 Å². The van der Waals surface area contributed by atoms with Crippen LogP contribution in [-0.4, -0.2) is 61.8 Å². The summed E-state index contributed by atoms with van der Waals surface area (Å²) in [5.74, 6) is -1.19. The Morgan fingerprint density at radius 2 is 1.70 bits per heavy atom. The van der Waals surface area contributed by atoms with Crippen LogP contribution in [0.15, 0.2) is 0 Å². The number of carbonyl (C=O) groups is 1. The van der Waals surface area contributed by atoms with Crippen molar-refractivity contribution < 1.29 is 20.1 Å². The Morgan fingerprint density at radius 3 is 1.70 bits per heavy atom. The van der Waals surface area contributed by atoms with Gasteiger partial charge in [-0.05, 0) is 6.92 Å². The van der Waals surface area contributed by atoms with Crippen LogP contribution in [0.1, 0.15) is 6.92 Å². The van der Waals surface area contributed by atoms with Gasteiger partial charge in [0.05, 0.1) is 13.2 Å². The molecule has 0 saturated heterocycles. The van der Waals surface area contributed by atoms with Gasteiger partial charge in [-0.2, -0.15) is 0 Å². The summed E-state index contributed by atoms with van der Waals surface area (Å²) < 4.78 is 0. The van der Waals surface area contributed by atoms with Crippen LogP contribution in [0.5, 0.6) is 0 Å². The molecule has 3 N–H and O–H groups in total. The molecule has 0 spiro atoms. The second-order valence-electron chi connectivity index (χ2n) is 2.18. The SMILES string of the molecule is CC(CO)(CO)C(=O)O.[PbH2]. The quantitative estimate of drug-likeness (QED) is 0.526. The second-order valence-corrected chi connectivity index (χ2v) is 2.18. The molecule has 0 fully saturated rings. The van der Waals surface area contributed by atoms with Crippen LogP contribution in [0.2, 0.25) is 0 Å². The molecule has 0 heterocycles. The number of rotatable bonds is 3. The van der Waals surface area contributed by atoms with Crippen LogP contribution >= 0.6 is 0 Å². The predicted molar refractivity (Wildman–Crippen MR) is 38.5 cm³/mol. The third-order valence-corrected chi connectivity index (χ3v) is 1.21. The fourth-order valence-electron chi connectivity index (χ4n) is 0.185. The number of carboxylic acid groups (broad SMARTS) is 1. The molecular weight excluding hydrogens is 331 g/mol.